The van der Waals surface area contributed by atoms with Crippen LogP contribution in [0.2, 0.25) is 0 Å². The van der Waals surface area contributed by atoms with Crippen LogP contribution >= 0.6 is 0 Å². The van der Waals surface area contributed by atoms with Gasteiger partial charge in [-0.15, -0.1) is 0 Å². The highest BCUT2D eigenvalue weighted by Crippen LogP contribution is 2.26. The van der Waals surface area contributed by atoms with Crippen LogP contribution in [0.4, 0.5) is 5.69 Å². The van der Waals surface area contributed by atoms with Crippen molar-refractivity contribution in [2.45, 2.75) is 12.8 Å². The number of nitrogens with one attached hydrogen (secondary N) is 2. The quantitative estimate of drug-likeness (QED) is 0.857. The molecule has 0 unspecified atom stereocenters. The van der Waals surface area contributed by atoms with E-state index < -0.39 is 5.91 Å². The number of fused-ring (bicyclic) bond motifs is 1. The van der Waals surface area contributed by atoms with Crippen molar-refractivity contribution in [3.8, 4) is 0 Å². The summed E-state index contributed by atoms with van der Waals surface area (Å²) in [6.07, 6.45) is 1.86. The molecule has 134 valence electrons. The number of amides is 3. The van der Waals surface area contributed by atoms with Gasteiger partial charge in [-0.3, -0.25) is 14.4 Å². The maximum atomic E-state index is 12.4. The molecule has 3 rings (SSSR count). The van der Waals surface area contributed by atoms with Gasteiger partial charge in [-0.25, -0.2) is 0 Å². The van der Waals surface area contributed by atoms with Gasteiger partial charge >= 0.3 is 0 Å². The van der Waals surface area contributed by atoms with Crippen LogP contribution in [-0.4, -0.2) is 37.4 Å². The molecule has 6 nitrogen and oxygen atoms in total. The van der Waals surface area contributed by atoms with Crippen LogP contribution in [0.25, 0.3) is 0 Å². The molecular weight excluding hydrogens is 330 g/mol. The van der Waals surface area contributed by atoms with Crippen LogP contribution in [0.15, 0.2) is 54.6 Å². The predicted molar refractivity (Wildman–Crippen MR) is 98.9 cm³/mol. The number of rotatable bonds is 5. The van der Waals surface area contributed by atoms with Crippen molar-refractivity contribution in [3.05, 3.63) is 65.7 Å². The third kappa shape index (κ3) is 4.27. The van der Waals surface area contributed by atoms with E-state index in [1.54, 1.807) is 29.2 Å². The van der Waals surface area contributed by atoms with Crippen LogP contribution in [-0.2, 0) is 16.0 Å². The van der Waals surface area contributed by atoms with Gasteiger partial charge < -0.3 is 15.5 Å². The number of para-hydroxylation sites is 1. The minimum Gasteiger partial charge on any atom is -0.345 e. The van der Waals surface area contributed by atoms with Gasteiger partial charge in [0.2, 0.25) is 11.8 Å². The van der Waals surface area contributed by atoms with Gasteiger partial charge in [0.05, 0.1) is 13.1 Å². The van der Waals surface area contributed by atoms with Crippen molar-refractivity contribution in [2.24, 2.45) is 0 Å². The number of hydrogen-bond donors (Lipinski definition) is 2. The molecular formula is C20H21N3O3. The van der Waals surface area contributed by atoms with E-state index in [0.29, 0.717) is 12.1 Å². The van der Waals surface area contributed by atoms with Gasteiger partial charge in [0.25, 0.3) is 5.91 Å². The van der Waals surface area contributed by atoms with Gasteiger partial charge in [0, 0.05) is 17.8 Å². The molecule has 0 fully saturated rings. The summed E-state index contributed by atoms with van der Waals surface area (Å²) in [4.78, 5) is 38.0. The highest BCUT2D eigenvalue weighted by Gasteiger charge is 2.22. The first kappa shape index (κ1) is 17.7. The zero-order valence-corrected chi connectivity index (χ0v) is 14.4. The molecule has 1 aliphatic heterocycles. The minimum atomic E-state index is -0.395. The van der Waals surface area contributed by atoms with E-state index >= 15 is 0 Å². The van der Waals surface area contributed by atoms with Crippen LogP contribution in [0.1, 0.15) is 22.3 Å². The molecule has 3 amide bonds. The Hall–Kier alpha value is -3.15. The molecule has 0 atom stereocenters. The smallest absolute Gasteiger partial charge is 0.251 e. The zero-order chi connectivity index (χ0) is 18.4. The third-order valence-corrected chi connectivity index (χ3v) is 4.29. The number of hydrogen-bond acceptors (Lipinski definition) is 3. The molecule has 6 heteroatoms. The highest BCUT2D eigenvalue weighted by molar-refractivity contribution is 5.99. The Bertz CT molecular complexity index is 805. The molecule has 0 aliphatic carbocycles. The van der Waals surface area contributed by atoms with Crippen LogP contribution < -0.4 is 15.5 Å². The first-order valence-corrected chi connectivity index (χ1v) is 8.63. The topological polar surface area (TPSA) is 78.5 Å². The van der Waals surface area contributed by atoms with Crippen molar-refractivity contribution < 1.29 is 14.4 Å². The molecule has 0 radical (unpaired) electrons. The minimum absolute atomic E-state index is 0.0889. The lowest BCUT2D eigenvalue weighted by Crippen LogP contribution is -2.45. The van der Waals surface area contributed by atoms with Crippen LogP contribution in [0.5, 0.6) is 0 Å². The first-order valence-electron chi connectivity index (χ1n) is 8.63. The first-order chi connectivity index (χ1) is 12.6. The average molecular weight is 351 g/mol. The number of benzene rings is 2. The van der Waals surface area contributed by atoms with E-state index in [0.717, 1.165) is 24.1 Å². The second-order valence-electron chi connectivity index (χ2n) is 6.10. The lowest BCUT2D eigenvalue weighted by atomic mass is 10.0. The summed E-state index contributed by atoms with van der Waals surface area (Å²) in [6.45, 7) is 0.391. The number of carbonyl (C=O) groups is 3. The van der Waals surface area contributed by atoms with Crippen molar-refractivity contribution >= 4 is 23.4 Å². The third-order valence-electron chi connectivity index (χ3n) is 4.29. The normalized spacial score (nSPS) is 12.8. The van der Waals surface area contributed by atoms with Crippen LogP contribution in [0.3, 0.4) is 0 Å². The van der Waals surface area contributed by atoms with E-state index in [1.807, 2.05) is 30.3 Å². The zero-order valence-electron chi connectivity index (χ0n) is 14.4. The second kappa shape index (κ2) is 8.29. The fourth-order valence-corrected chi connectivity index (χ4v) is 2.98. The maximum Gasteiger partial charge on any atom is 0.251 e. The summed E-state index contributed by atoms with van der Waals surface area (Å²) < 4.78 is 0. The monoisotopic (exact) mass is 351 g/mol. The Balaban J connectivity index is 1.48. The average Bonchev–Trinajstić information content (AvgIpc) is 2.70. The summed E-state index contributed by atoms with van der Waals surface area (Å²) >= 11 is 0. The Labute approximate surface area is 152 Å². The molecule has 2 N–H and O–H groups in total. The molecule has 2 aromatic rings. The molecule has 0 spiro atoms. The number of anilines is 1. The lowest BCUT2D eigenvalue weighted by molar-refractivity contribution is -0.124. The van der Waals surface area contributed by atoms with Crippen LogP contribution in [0, 0.1) is 0 Å². The van der Waals surface area contributed by atoms with Crippen molar-refractivity contribution in [2.75, 3.05) is 24.5 Å². The van der Waals surface area contributed by atoms with Crippen molar-refractivity contribution in [1.82, 2.24) is 10.6 Å². The van der Waals surface area contributed by atoms with E-state index in [4.69, 9.17) is 0 Å². The number of nitrogens with zero attached hydrogens (tertiary/aromatic N) is 1. The number of carbonyl (C=O) groups excluding carboxylic acids is 3. The number of aryl methyl sites for hydroxylation is 1. The second-order valence-corrected chi connectivity index (χ2v) is 6.10. The van der Waals surface area contributed by atoms with E-state index in [1.165, 1.54) is 0 Å². The molecule has 0 saturated heterocycles. The maximum absolute atomic E-state index is 12.4. The SMILES string of the molecule is O=C(CNC(=O)c1ccccc1)NCC(=O)N1CCCc2ccccc21. The van der Waals surface area contributed by atoms with Gasteiger partial charge in [-0.2, -0.15) is 0 Å². The molecule has 0 aromatic heterocycles. The molecule has 1 aliphatic rings. The molecule has 0 bridgehead atoms. The Kier molecular flexibility index (Phi) is 5.63. The summed E-state index contributed by atoms with van der Waals surface area (Å²) in [6, 6.07) is 16.5. The molecule has 0 saturated carbocycles. The summed E-state index contributed by atoms with van der Waals surface area (Å²) in [5.74, 6) is -0.871. The summed E-state index contributed by atoms with van der Waals surface area (Å²) in [5.41, 5.74) is 2.55. The fraction of sp³-hybridized carbons (Fsp3) is 0.250. The Morgan fingerprint density at radius 3 is 2.42 bits per heavy atom. The standard InChI is InChI=1S/C20H21N3O3/c24-18(13-22-20(26)16-8-2-1-3-9-16)21-14-19(25)23-12-6-10-15-7-4-5-11-17(15)23/h1-5,7-9,11H,6,10,12-14H2,(H,21,24)(H,22,26). The van der Waals surface area contributed by atoms with Gasteiger partial charge in [0.15, 0.2) is 0 Å². The fourth-order valence-electron chi connectivity index (χ4n) is 2.98. The summed E-state index contributed by atoms with van der Waals surface area (Å²) in [5, 5.41) is 5.11. The Morgan fingerprint density at radius 2 is 1.62 bits per heavy atom. The van der Waals surface area contributed by atoms with Gasteiger partial charge in [0.1, 0.15) is 0 Å². The highest BCUT2D eigenvalue weighted by atomic mass is 16.2. The largest absolute Gasteiger partial charge is 0.345 e. The molecule has 1 heterocycles. The van der Waals surface area contributed by atoms with Gasteiger partial charge in [-0.1, -0.05) is 36.4 Å². The predicted octanol–water partition coefficient (Wildman–Crippen LogP) is 1.51. The van der Waals surface area contributed by atoms with Gasteiger partial charge in [-0.05, 0) is 36.6 Å². The van der Waals surface area contributed by atoms with Crippen molar-refractivity contribution in [3.63, 3.8) is 0 Å². The molecule has 26 heavy (non-hydrogen) atoms. The molecule has 2 aromatic carbocycles. The van der Waals surface area contributed by atoms with Crippen molar-refractivity contribution in [1.29, 1.82) is 0 Å². The van der Waals surface area contributed by atoms with E-state index in [2.05, 4.69) is 10.6 Å². The lowest BCUT2D eigenvalue weighted by Gasteiger charge is -2.29. The van der Waals surface area contributed by atoms with E-state index in [9.17, 15) is 14.4 Å². The summed E-state index contributed by atoms with van der Waals surface area (Å²) in [7, 11) is 0. The van der Waals surface area contributed by atoms with E-state index in [-0.39, 0.29) is 24.9 Å². The Morgan fingerprint density at radius 1 is 0.885 bits per heavy atom.